The summed E-state index contributed by atoms with van der Waals surface area (Å²) in [7, 11) is 0. The average Bonchev–Trinajstić information content (AvgIpc) is 2.59. The van der Waals surface area contributed by atoms with Crippen LogP contribution in [0.25, 0.3) is 0 Å². The Hall–Kier alpha value is -0.380. The molecule has 2 aliphatic heterocycles. The lowest BCUT2D eigenvalue weighted by atomic mass is 9.90. The molecule has 0 bridgehead atoms. The fraction of sp³-hybridized carbons (Fsp3) is 0.846. The Morgan fingerprint density at radius 1 is 1.25 bits per heavy atom. The standard InChI is InChI=1S/C13H24N2O/c1-2-13(16)6-10-15(11-7-13)12-4-3-8-14-9-5-12/h2,12,14,16H,1,3-11H2. The molecule has 1 atom stereocenters. The van der Waals surface area contributed by atoms with E-state index >= 15 is 0 Å². The molecule has 0 saturated carbocycles. The van der Waals surface area contributed by atoms with E-state index in [1.807, 2.05) is 0 Å². The van der Waals surface area contributed by atoms with Crippen LogP contribution in [-0.2, 0) is 0 Å². The molecule has 0 aromatic heterocycles. The highest BCUT2D eigenvalue weighted by Gasteiger charge is 2.32. The summed E-state index contributed by atoms with van der Waals surface area (Å²) < 4.78 is 0. The van der Waals surface area contributed by atoms with Crippen molar-refractivity contribution in [2.24, 2.45) is 0 Å². The van der Waals surface area contributed by atoms with Crippen molar-refractivity contribution in [1.82, 2.24) is 10.2 Å². The van der Waals surface area contributed by atoms with Crippen molar-refractivity contribution in [3.63, 3.8) is 0 Å². The summed E-state index contributed by atoms with van der Waals surface area (Å²) in [6, 6.07) is 0.726. The van der Waals surface area contributed by atoms with Gasteiger partial charge in [-0.25, -0.2) is 0 Å². The van der Waals surface area contributed by atoms with E-state index in [1.165, 1.54) is 25.8 Å². The van der Waals surface area contributed by atoms with Crippen LogP contribution in [0, 0.1) is 0 Å². The van der Waals surface area contributed by atoms with E-state index in [-0.39, 0.29) is 0 Å². The molecule has 2 saturated heterocycles. The Morgan fingerprint density at radius 3 is 2.69 bits per heavy atom. The molecular formula is C13H24N2O. The molecule has 2 aliphatic rings. The van der Waals surface area contributed by atoms with E-state index in [1.54, 1.807) is 6.08 Å². The lowest BCUT2D eigenvalue weighted by Crippen LogP contribution is -2.47. The van der Waals surface area contributed by atoms with Crippen molar-refractivity contribution in [3.8, 4) is 0 Å². The molecule has 1 unspecified atom stereocenters. The number of piperidine rings is 1. The number of hydrogen-bond donors (Lipinski definition) is 2. The summed E-state index contributed by atoms with van der Waals surface area (Å²) in [4.78, 5) is 2.56. The van der Waals surface area contributed by atoms with Crippen molar-refractivity contribution in [1.29, 1.82) is 0 Å². The quantitative estimate of drug-likeness (QED) is 0.691. The number of hydrogen-bond acceptors (Lipinski definition) is 3. The molecule has 2 rings (SSSR count). The summed E-state index contributed by atoms with van der Waals surface area (Å²) in [5, 5.41) is 13.5. The van der Waals surface area contributed by atoms with Gasteiger partial charge >= 0.3 is 0 Å². The first-order chi connectivity index (χ1) is 7.73. The topological polar surface area (TPSA) is 35.5 Å². The second-order valence-electron chi connectivity index (χ2n) is 5.18. The Morgan fingerprint density at radius 2 is 2.00 bits per heavy atom. The third kappa shape index (κ3) is 2.84. The van der Waals surface area contributed by atoms with Crippen LogP contribution in [0.4, 0.5) is 0 Å². The Bertz CT molecular complexity index is 226. The lowest BCUT2D eigenvalue weighted by molar-refractivity contribution is 0.00412. The van der Waals surface area contributed by atoms with Crippen LogP contribution >= 0.6 is 0 Å². The van der Waals surface area contributed by atoms with Crippen molar-refractivity contribution in [2.75, 3.05) is 26.2 Å². The first kappa shape index (κ1) is 12.1. The maximum absolute atomic E-state index is 10.1. The van der Waals surface area contributed by atoms with Gasteiger partial charge in [0.15, 0.2) is 0 Å². The van der Waals surface area contributed by atoms with E-state index in [9.17, 15) is 5.11 Å². The Kier molecular flexibility index (Phi) is 4.00. The zero-order chi connectivity index (χ0) is 11.4. The van der Waals surface area contributed by atoms with Crippen molar-refractivity contribution in [2.45, 2.75) is 43.7 Å². The normalized spacial score (nSPS) is 31.9. The second-order valence-corrected chi connectivity index (χ2v) is 5.18. The van der Waals surface area contributed by atoms with E-state index < -0.39 is 5.60 Å². The van der Waals surface area contributed by atoms with E-state index in [2.05, 4.69) is 16.8 Å². The van der Waals surface area contributed by atoms with Gasteiger partial charge in [-0.1, -0.05) is 6.08 Å². The monoisotopic (exact) mass is 224 g/mol. The van der Waals surface area contributed by atoms with Crippen LogP contribution in [0.5, 0.6) is 0 Å². The maximum Gasteiger partial charge on any atom is 0.0849 e. The SMILES string of the molecule is C=CC1(O)CCN(C2CCCNCC2)CC1. The van der Waals surface area contributed by atoms with Crippen molar-refractivity contribution in [3.05, 3.63) is 12.7 Å². The van der Waals surface area contributed by atoms with Gasteiger partial charge in [-0.2, -0.15) is 0 Å². The zero-order valence-corrected chi connectivity index (χ0v) is 10.1. The Labute approximate surface area is 98.5 Å². The summed E-state index contributed by atoms with van der Waals surface area (Å²) >= 11 is 0. The molecule has 0 aromatic carbocycles. The fourth-order valence-corrected chi connectivity index (χ4v) is 2.85. The highest BCUT2D eigenvalue weighted by molar-refractivity contribution is 5.00. The molecule has 2 fully saturated rings. The van der Waals surface area contributed by atoms with Crippen molar-refractivity contribution < 1.29 is 5.11 Å². The van der Waals surface area contributed by atoms with Gasteiger partial charge in [-0.3, -0.25) is 0 Å². The first-order valence-electron chi connectivity index (χ1n) is 6.54. The van der Waals surface area contributed by atoms with Gasteiger partial charge in [-0.05, 0) is 45.2 Å². The van der Waals surface area contributed by atoms with E-state index in [4.69, 9.17) is 0 Å². The molecule has 92 valence electrons. The van der Waals surface area contributed by atoms with Gasteiger partial charge in [0.1, 0.15) is 0 Å². The van der Waals surface area contributed by atoms with Crippen LogP contribution in [-0.4, -0.2) is 47.8 Å². The number of rotatable bonds is 2. The molecule has 2 N–H and O–H groups in total. The van der Waals surface area contributed by atoms with Crippen LogP contribution in [0.15, 0.2) is 12.7 Å². The molecule has 2 heterocycles. The molecule has 0 spiro atoms. The largest absolute Gasteiger partial charge is 0.386 e. The van der Waals surface area contributed by atoms with Gasteiger partial charge < -0.3 is 15.3 Å². The summed E-state index contributed by atoms with van der Waals surface area (Å²) in [6.45, 7) is 8.09. The minimum Gasteiger partial charge on any atom is -0.386 e. The maximum atomic E-state index is 10.1. The predicted octanol–water partition coefficient (Wildman–Crippen LogP) is 1.14. The minimum absolute atomic E-state index is 0.598. The zero-order valence-electron chi connectivity index (χ0n) is 10.1. The minimum atomic E-state index is -0.598. The highest BCUT2D eigenvalue weighted by atomic mass is 16.3. The highest BCUT2D eigenvalue weighted by Crippen LogP contribution is 2.26. The third-order valence-electron chi connectivity index (χ3n) is 4.11. The van der Waals surface area contributed by atoms with Crippen LogP contribution in [0.2, 0.25) is 0 Å². The summed E-state index contributed by atoms with van der Waals surface area (Å²) in [6.07, 6.45) is 7.26. The molecule has 0 radical (unpaired) electrons. The third-order valence-corrected chi connectivity index (χ3v) is 4.11. The second kappa shape index (κ2) is 5.30. The van der Waals surface area contributed by atoms with Gasteiger partial charge in [0, 0.05) is 19.1 Å². The van der Waals surface area contributed by atoms with Gasteiger partial charge in [0.05, 0.1) is 5.60 Å². The number of aliphatic hydroxyl groups is 1. The Balaban J connectivity index is 1.85. The van der Waals surface area contributed by atoms with Gasteiger partial charge in [0.25, 0.3) is 0 Å². The smallest absolute Gasteiger partial charge is 0.0849 e. The molecule has 0 amide bonds. The molecule has 3 nitrogen and oxygen atoms in total. The molecular weight excluding hydrogens is 200 g/mol. The van der Waals surface area contributed by atoms with E-state index in [0.29, 0.717) is 0 Å². The lowest BCUT2D eigenvalue weighted by Gasteiger charge is -2.40. The first-order valence-corrected chi connectivity index (χ1v) is 6.54. The summed E-state index contributed by atoms with van der Waals surface area (Å²) in [5.74, 6) is 0. The van der Waals surface area contributed by atoms with E-state index in [0.717, 1.165) is 38.5 Å². The fourth-order valence-electron chi connectivity index (χ4n) is 2.85. The molecule has 16 heavy (non-hydrogen) atoms. The molecule has 0 aliphatic carbocycles. The number of likely N-dealkylation sites (tertiary alicyclic amines) is 1. The number of nitrogens with zero attached hydrogens (tertiary/aromatic N) is 1. The summed E-state index contributed by atoms with van der Waals surface area (Å²) in [5.41, 5.74) is -0.598. The van der Waals surface area contributed by atoms with Crippen molar-refractivity contribution >= 4 is 0 Å². The van der Waals surface area contributed by atoms with Crippen LogP contribution < -0.4 is 5.32 Å². The van der Waals surface area contributed by atoms with Crippen LogP contribution in [0.3, 0.4) is 0 Å². The predicted molar refractivity (Wildman–Crippen MR) is 66.5 cm³/mol. The number of nitrogens with one attached hydrogen (secondary N) is 1. The molecule has 0 aromatic rings. The van der Waals surface area contributed by atoms with Crippen LogP contribution in [0.1, 0.15) is 32.1 Å². The molecule has 3 heteroatoms. The average molecular weight is 224 g/mol. The van der Waals surface area contributed by atoms with Gasteiger partial charge in [-0.15, -0.1) is 6.58 Å². The van der Waals surface area contributed by atoms with Gasteiger partial charge in [0.2, 0.25) is 0 Å².